The van der Waals surface area contributed by atoms with Gasteiger partial charge in [0, 0.05) is 0 Å². The SMILES string of the molecule is CC(C)=CCC/C(C)=C/CC/C(C)=C/CC/C(C)=C/CC=CC(C)(O)CCC=C(C)C. The third kappa shape index (κ3) is 20.1. The van der Waals surface area contributed by atoms with Crippen LogP contribution in [0.25, 0.3) is 0 Å². The molecule has 0 saturated heterocycles. The fraction of sp³-hybridized carbons (Fsp3) is 0.600. The van der Waals surface area contributed by atoms with Gasteiger partial charge in [0.1, 0.15) is 0 Å². The van der Waals surface area contributed by atoms with Crippen LogP contribution in [-0.2, 0) is 0 Å². The molecule has 0 heterocycles. The lowest BCUT2D eigenvalue weighted by Gasteiger charge is -2.17. The molecular weight excluding hydrogens is 376 g/mol. The Hall–Kier alpha value is -1.60. The molecule has 176 valence electrons. The fourth-order valence-electron chi connectivity index (χ4n) is 3.31. The summed E-state index contributed by atoms with van der Waals surface area (Å²) in [4.78, 5) is 0. The van der Waals surface area contributed by atoms with Crippen molar-refractivity contribution in [3.8, 4) is 0 Å². The van der Waals surface area contributed by atoms with E-state index in [1.165, 1.54) is 34.3 Å². The second-order valence-corrected chi connectivity index (χ2v) is 9.86. The Morgan fingerprint density at radius 3 is 1.52 bits per heavy atom. The van der Waals surface area contributed by atoms with Gasteiger partial charge < -0.3 is 5.11 Å². The van der Waals surface area contributed by atoms with E-state index in [9.17, 15) is 5.11 Å². The Balaban J connectivity index is 4.20. The minimum Gasteiger partial charge on any atom is -0.386 e. The van der Waals surface area contributed by atoms with Crippen molar-refractivity contribution >= 4 is 0 Å². The van der Waals surface area contributed by atoms with Crippen molar-refractivity contribution in [2.24, 2.45) is 0 Å². The lowest BCUT2D eigenvalue weighted by Crippen LogP contribution is -2.19. The van der Waals surface area contributed by atoms with Gasteiger partial charge in [0.15, 0.2) is 0 Å². The Morgan fingerprint density at radius 2 is 1.03 bits per heavy atom. The lowest BCUT2D eigenvalue weighted by molar-refractivity contribution is 0.103. The van der Waals surface area contributed by atoms with Crippen LogP contribution in [0.4, 0.5) is 0 Å². The molecule has 0 rings (SSSR count). The Morgan fingerprint density at radius 1 is 0.613 bits per heavy atom. The Bertz CT molecular complexity index is 669. The maximum Gasteiger partial charge on any atom is 0.0802 e. The van der Waals surface area contributed by atoms with Gasteiger partial charge in [-0.1, -0.05) is 70.4 Å². The summed E-state index contributed by atoms with van der Waals surface area (Å²) in [6.45, 7) is 17.1. The third-order valence-electron chi connectivity index (χ3n) is 5.44. The number of hydrogen-bond donors (Lipinski definition) is 1. The maximum atomic E-state index is 10.4. The maximum absolute atomic E-state index is 10.4. The van der Waals surface area contributed by atoms with Crippen molar-refractivity contribution in [1.29, 1.82) is 0 Å². The Kier molecular flexibility index (Phi) is 16.1. The average Bonchev–Trinajstić information content (AvgIpc) is 2.64. The largest absolute Gasteiger partial charge is 0.386 e. The molecule has 0 spiro atoms. The first kappa shape index (κ1) is 29.4. The number of rotatable bonds is 15. The summed E-state index contributed by atoms with van der Waals surface area (Å²) < 4.78 is 0. The highest BCUT2D eigenvalue weighted by Crippen LogP contribution is 2.17. The predicted molar refractivity (Wildman–Crippen MR) is 141 cm³/mol. The van der Waals surface area contributed by atoms with E-state index in [2.05, 4.69) is 84.9 Å². The molecular formula is C30H50O. The summed E-state index contributed by atoms with van der Waals surface area (Å²) in [6.07, 6.45) is 25.1. The molecule has 0 aliphatic rings. The van der Waals surface area contributed by atoms with Crippen LogP contribution in [-0.4, -0.2) is 10.7 Å². The summed E-state index contributed by atoms with van der Waals surface area (Å²) in [6, 6.07) is 0. The molecule has 0 aliphatic heterocycles. The van der Waals surface area contributed by atoms with Crippen LogP contribution in [0.3, 0.4) is 0 Å². The Labute approximate surface area is 194 Å². The van der Waals surface area contributed by atoms with Crippen LogP contribution in [0, 0.1) is 0 Å². The smallest absolute Gasteiger partial charge is 0.0802 e. The standard InChI is InChI=1S/C30H50O/c1-25(2)15-11-18-28(6)20-13-22-29(7)21-12-19-27(5)17-9-10-23-30(8,31)24-14-16-26(3)4/h10,15-17,20-21,23,31H,9,11-14,18-19,22,24H2,1-8H3/b23-10?,27-17+,28-20+,29-21+. The molecule has 31 heavy (non-hydrogen) atoms. The highest BCUT2D eigenvalue weighted by atomic mass is 16.3. The molecule has 0 bridgehead atoms. The first-order valence-corrected chi connectivity index (χ1v) is 12.2. The zero-order valence-corrected chi connectivity index (χ0v) is 21.9. The van der Waals surface area contributed by atoms with Crippen LogP contribution >= 0.6 is 0 Å². The average molecular weight is 427 g/mol. The molecule has 1 atom stereocenters. The van der Waals surface area contributed by atoms with Crippen molar-refractivity contribution in [2.45, 2.75) is 119 Å². The third-order valence-corrected chi connectivity index (χ3v) is 5.44. The minimum absolute atomic E-state index is 0.716. The molecule has 0 saturated carbocycles. The molecule has 0 fully saturated rings. The van der Waals surface area contributed by atoms with Crippen LogP contribution in [0.5, 0.6) is 0 Å². The second kappa shape index (κ2) is 17.0. The zero-order chi connectivity index (χ0) is 23.7. The minimum atomic E-state index is -0.716. The second-order valence-electron chi connectivity index (χ2n) is 9.86. The normalized spacial score (nSPS) is 15.2. The topological polar surface area (TPSA) is 20.2 Å². The van der Waals surface area contributed by atoms with Crippen molar-refractivity contribution < 1.29 is 5.11 Å². The summed E-state index contributed by atoms with van der Waals surface area (Å²) >= 11 is 0. The fourth-order valence-corrected chi connectivity index (χ4v) is 3.31. The van der Waals surface area contributed by atoms with Crippen LogP contribution < -0.4 is 0 Å². The van der Waals surface area contributed by atoms with Gasteiger partial charge in [-0.2, -0.15) is 0 Å². The van der Waals surface area contributed by atoms with Crippen LogP contribution in [0.1, 0.15) is 113 Å². The number of aliphatic hydroxyl groups is 1. The van der Waals surface area contributed by atoms with Crippen molar-refractivity contribution in [1.82, 2.24) is 0 Å². The van der Waals surface area contributed by atoms with E-state index in [1.54, 1.807) is 0 Å². The summed E-state index contributed by atoms with van der Waals surface area (Å²) in [7, 11) is 0. The summed E-state index contributed by atoms with van der Waals surface area (Å²) in [5.41, 5.74) is 6.43. The van der Waals surface area contributed by atoms with Gasteiger partial charge in [0.25, 0.3) is 0 Å². The van der Waals surface area contributed by atoms with Crippen LogP contribution in [0.2, 0.25) is 0 Å². The number of hydrogen-bond acceptors (Lipinski definition) is 1. The van der Waals surface area contributed by atoms with Gasteiger partial charge in [0.2, 0.25) is 0 Å². The summed E-state index contributed by atoms with van der Waals surface area (Å²) in [5.74, 6) is 0. The van der Waals surface area contributed by atoms with E-state index in [1.807, 2.05) is 13.0 Å². The zero-order valence-electron chi connectivity index (χ0n) is 21.9. The molecule has 1 heteroatoms. The van der Waals surface area contributed by atoms with Crippen molar-refractivity contribution in [3.05, 3.63) is 70.4 Å². The molecule has 0 aromatic rings. The van der Waals surface area contributed by atoms with E-state index in [-0.39, 0.29) is 0 Å². The van der Waals surface area contributed by atoms with E-state index < -0.39 is 5.60 Å². The monoisotopic (exact) mass is 426 g/mol. The van der Waals surface area contributed by atoms with E-state index in [4.69, 9.17) is 0 Å². The van der Waals surface area contributed by atoms with Gasteiger partial charge in [-0.15, -0.1) is 0 Å². The van der Waals surface area contributed by atoms with Gasteiger partial charge in [-0.25, -0.2) is 0 Å². The lowest BCUT2D eigenvalue weighted by atomic mass is 9.98. The van der Waals surface area contributed by atoms with E-state index in [0.717, 1.165) is 51.4 Å². The van der Waals surface area contributed by atoms with Gasteiger partial charge in [-0.05, 0) is 113 Å². The van der Waals surface area contributed by atoms with E-state index >= 15 is 0 Å². The van der Waals surface area contributed by atoms with Gasteiger partial charge in [-0.3, -0.25) is 0 Å². The molecule has 0 aromatic carbocycles. The summed E-state index contributed by atoms with van der Waals surface area (Å²) in [5, 5.41) is 10.4. The molecule has 1 nitrogen and oxygen atoms in total. The van der Waals surface area contributed by atoms with Crippen LogP contribution in [0.15, 0.2) is 70.4 Å². The van der Waals surface area contributed by atoms with Gasteiger partial charge >= 0.3 is 0 Å². The molecule has 0 aliphatic carbocycles. The molecule has 1 unspecified atom stereocenters. The van der Waals surface area contributed by atoms with Gasteiger partial charge in [0.05, 0.1) is 5.60 Å². The van der Waals surface area contributed by atoms with Crippen molar-refractivity contribution in [2.75, 3.05) is 0 Å². The molecule has 0 amide bonds. The first-order valence-electron chi connectivity index (χ1n) is 12.2. The van der Waals surface area contributed by atoms with Crippen molar-refractivity contribution in [3.63, 3.8) is 0 Å². The molecule has 0 aromatic heterocycles. The molecule has 1 N–H and O–H groups in total. The van der Waals surface area contributed by atoms with E-state index in [0.29, 0.717) is 0 Å². The quantitative estimate of drug-likeness (QED) is 0.258. The highest BCUT2D eigenvalue weighted by molar-refractivity contribution is 5.09. The first-order chi connectivity index (χ1) is 14.5. The number of allylic oxidation sites excluding steroid dienone is 11. The molecule has 0 radical (unpaired) electrons. The highest BCUT2D eigenvalue weighted by Gasteiger charge is 2.14. The predicted octanol–water partition coefficient (Wildman–Crippen LogP) is 9.58.